The Morgan fingerprint density at radius 3 is 2.28 bits per heavy atom. The van der Waals surface area contributed by atoms with Crippen LogP contribution >= 0.6 is 0 Å². The maximum Gasteiger partial charge on any atom is 0.0572 e. The molecule has 1 aliphatic carbocycles. The molecular formula is C16H32O2. The molecule has 1 fully saturated rings. The molecule has 0 unspecified atom stereocenters. The van der Waals surface area contributed by atoms with Gasteiger partial charge in [0.1, 0.15) is 0 Å². The van der Waals surface area contributed by atoms with Crippen molar-refractivity contribution in [1.29, 1.82) is 0 Å². The van der Waals surface area contributed by atoms with Crippen molar-refractivity contribution in [3.05, 3.63) is 0 Å². The monoisotopic (exact) mass is 256 g/mol. The van der Waals surface area contributed by atoms with Crippen LogP contribution < -0.4 is 0 Å². The summed E-state index contributed by atoms with van der Waals surface area (Å²) in [6.07, 6.45) is 10.8. The quantitative estimate of drug-likeness (QED) is 0.608. The van der Waals surface area contributed by atoms with E-state index in [4.69, 9.17) is 9.47 Å². The molecule has 0 aromatic carbocycles. The van der Waals surface area contributed by atoms with Crippen molar-refractivity contribution in [2.24, 2.45) is 11.8 Å². The maximum absolute atomic E-state index is 6.15. The lowest BCUT2D eigenvalue weighted by Gasteiger charge is -2.32. The first kappa shape index (κ1) is 16.0. The van der Waals surface area contributed by atoms with Gasteiger partial charge in [-0.2, -0.15) is 0 Å². The number of hydrogen-bond acceptors (Lipinski definition) is 2. The van der Waals surface area contributed by atoms with Crippen molar-refractivity contribution >= 4 is 0 Å². The van der Waals surface area contributed by atoms with E-state index < -0.39 is 0 Å². The smallest absolute Gasteiger partial charge is 0.0572 e. The van der Waals surface area contributed by atoms with Crippen LogP contribution in [0.4, 0.5) is 0 Å². The van der Waals surface area contributed by atoms with Crippen LogP contribution in [0.3, 0.4) is 0 Å². The third kappa shape index (κ3) is 5.71. The van der Waals surface area contributed by atoms with E-state index in [0.29, 0.717) is 6.10 Å². The van der Waals surface area contributed by atoms with Crippen LogP contribution in [-0.4, -0.2) is 26.4 Å². The van der Waals surface area contributed by atoms with E-state index in [1.807, 2.05) is 7.11 Å². The van der Waals surface area contributed by atoms with Crippen LogP contribution in [0.2, 0.25) is 0 Å². The predicted molar refractivity (Wildman–Crippen MR) is 76.9 cm³/mol. The minimum absolute atomic E-state index is 0.482. The third-order valence-corrected chi connectivity index (χ3v) is 4.33. The third-order valence-electron chi connectivity index (χ3n) is 4.33. The topological polar surface area (TPSA) is 18.5 Å². The second-order valence-electron chi connectivity index (χ2n) is 5.77. The zero-order valence-corrected chi connectivity index (χ0v) is 12.6. The SMILES string of the molecule is CCCC[C@@H](CC)OC[C@H]1CCCC[C@H]1COC. The molecule has 108 valence electrons. The van der Waals surface area contributed by atoms with Crippen molar-refractivity contribution in [3.8, 4) is 0 Å². The summed E-state index contributed by atoms with van der Waals surface area (Å²) in [5, 5.41) is 0. The Morgan fingerprint density at radius 2 is 1.72 bits per heavy atom. The van der Waals surface area contributed by atoms with Gasteiger partial charge < -0.3 is 9.47 Å². The lowest BCUT2D eigenvalue weighted by Crippen LogP contribution is -2.29. The maximum atomic E-state index is 6.15. The average molecular weight is 256 g/mol. The van der Waals surface area contributed by atoms with Crippen LogP contribution in [0.15, 0.2) is 0 Å². The molecule has 2 heteroatoms. The molecule has 1 aliphatic rings. The van der Waals surface area contributed by atoms with Crippen LogP contribution in [0.25, 0.3) is 0 Å². The van der Waals surface area contributed by atoms with Gasteiger partial charge >= 0.3 is 0 Å². The normalized spacial score (nSPS) is 26.2. The van der Waals surface area contributed by atoms with Crippen molar-refractivity contribution in [2.75, 3.05) is 20.3 Å². The van der Waals surface area contributed by atoms with E-state index >= 15 is 0 Å². The van der Waals surface area contributed by atoms with Gasteiger partial charge in [0.2, 0.25) is 0 Å². The van der Waals surface area contributed by atoms with Gasteiger partial charge in [-0.05, 0) is 37.5 Å². The van der Waals surface area contributed by atoms with Gasteiger partial charge in [-0.1, -0.05) is 39.5 Å². The van der Waals surface area contributed by atoms with E-state index in [0.717, 1.165) is 31.5 Å². The summed E-state index contributed by atoms with van der Waals surface area (Å²) in [4.78, 5) is 0. The fourth-order valence-corrected chi connectivity index (χ4v) is 3.03. The lowest BCUT2D eigenvalue weighted by atomic mass is 9.80. The zero-order chi connectivity index (χ0) is 13.2. The molecule has 0 saturated heterocycles. The molecule has 2 nitrogen and oxygen atoms in total. The van der Waals surface area contributed by atoms with Gasteiger partial charge in [0.25, 0.3) is 0 Å². The van der Waals surface area contributed by atoms with Gasteiger partial charge in [-0.15, -0.1) is 0 Å². The van der Waals surface area contributed by atoms with Crippen LogP contribution in [0.5, 0.6) is 0 Å². The minimum Gasteiger partial charge on any atom is -0.384 e. The predicted octanol–water partition coefficient (Wildman–Crippen LogP) is 4.42. The Labute approximate surface area is 113 Å². The van der Waals surface area contributed by atoms with E-state index in [2.05, 4.69) is 13.8 Å². The number of rotatable bonds is 9. The Hall–Kier alpha value is -0.0800. The van der Waals surface area contributed by atoms with E-state index in [1.54, 1.807) is 0 Å². The standard InChI is InChI=1S/C16H32O2/c1-4-6-11-16(5-2)18-13-15-10-8-7-9-14(15)12-17-3/h14-16H,4-13H2,1-3H3/t14-,15+,16+/m0/s1. The van der Waals surface area contributed by atoms with Crippen molar-refractivity contribution in [1.82, 2.24) is 0 Å². The molecule has 1 rings (SSSR count). The summed E-state index contributed by atoms with van der Waals surface area (Å²) >= 11 is 0. The highest BCUT2D eigenvalue weighted by molar-refractivity contribution is 4.75. The van der Waals surface area contributed by atoms with Gasteiger partial charge in [-0.3, -0.25) is 0 Å². The summed E-state index contributed by atoms with van der Waals surface area (Å²) in [5.41, 5.74) is 0. The molecular weight excluding hydrogens is 224 g/mol. The second kappa shape index (κ2) is 9.80. The highest BCUT2D eigenvalue weighted by Crippen LogP contribution is 2.31. The fraction of sp³-hybridized carbons (Fsp3) is 1.00. The Bertz CT molecular complexity index is 192. The molecule has 0 aromatic rings. The minimum atomic E-state index is 0.482. The van der Waals surface area contributed by atoms with Crippen LogP contribution in [-0.2, 0) is 9.47 Å². The summed E-state index contributed by atoms with van der Waals surface area (Å²) in [7, 11) is 1.82. The molecule has 0 spiro atoms. The van der Waals surface area contributed by atoms with Crippen LogP contribution in [0, 0.1) is 11.8 Å². The summed E-state index contributed by atoms with van der Waals surface area (Å²) < 4.78 is 11.5. The number of hydrogen-bond donors (Lipinski definition) is 0. The Kier molecular flexibility index (Phi) is 8.70. The Balaban J connectivity index is 2.29. The lowest BCUT2D eigenvalue weighted by molar-refractivity contribution is -0.0155. The zero-order valence-electron chi connectivity index (χ0n) is 12.6. The Morgan fingerprint density at radius 1 is 1.06 bits per heavy atom. The van der Waals surface area contributed by atoms with Crippen molar-refractivity contribution in [3.63, 3.8) is 0 Å². The van der Waals surface area contributed by atoms with E-state index in [1.165, 1.54) is 44.9 Å². The number of methoxy groups -OCH3 is 1. The van der Waals surface area contributed by atoms with E-state index in [9.17, 15) is 0 Å². The second-order valence-corrected chi connectivity index (χ2v) is 5.77. The average Bonchev–Trinajstić information content (AvgIpc) is 2.41. The number of ether oxygens (including phenoxy) is 2. The van der Waals surface area contributed by atoms with Crippen molar-refractivity contribution in [2.45, 2.75) is 71.3 Å². The highest BCUT2D eigenvalue weighted by Gasteiger charge is 2.25. The molecule has 0 heterocycles. The first-order chi connectivity index (χ1) is 8.81. The fourth-order valence-electron chi connectivity index (χ4n) is 3.03. The van der Waals surface area contributed by atoms with Gasteiger partial charge in [0.15, 0.2) is 0 Å². The summed E-state index contributed by atoms with van der Waals surface area (Å²) in [6, 6.07) is 0. The van der Waals surface area contributed by atoms with Gasteiger partial charge in [0, 0.05) is 13.7 Å². The van der Waals surface area contributed by atoms with Gasteiger partial charge in [-0.25, -0.2) is 0 Å². The molecule has 0 aliphatic heterocycles. The summed E-state index contributed by atoms with van der Waals surface area (Å²) in [5.74, 6) is 1.46. The molecule has 0 N–H and O–H groups in total. The van der Waals surface area contributed by atoms with Crippen LogP contribution in [0.1, 0.15) is 65.2 Å². The molecule has 0 amide bonds. The largest absolute Gasteiger partial charge is 0.384 e. The van der Waals surface area contributed by atoms with Gasteiger partial charge in [0.05, 0.1) is 12.7 Å². The first-order valence-corrected chi connectivity index (χ1v) is 7.92. The van der Waals surface area contributed by atoms with Crippen molar-refractivity contribution < 1.29 is 9.47 Å². The molecule has 0 radical (unpaired) electrons. The summed E-state index contributed by atoms with van der Waals surface area (Å²) in [6.45, 7) is 6.37. The molecule has 0 aromatic heterocycles. The first-order valence-electron chi connectivity index (χ1n) is 7.92. The van der Waals surface area contributed by atoms with E-state index in [-0.39, 0.29) is 0 Å². The molecule has 3 atom stereocenters. The highest BCUT2D eigenvalue weighted by atomic mass is 16.5. The number of unbranched alkanes of at least 4 members (excludes halogenated alkanes) is 1. The molecule has 18 heavy (non-hydrogen) atoms. The molecule has 1 saturated carbocycles. The molecule has 0 bridgehead atoms.